The molecule has 0 fully saturated rings. The van der Waals surface area contributed by atoms with Crippen molar-refractivity contribution in [2.24, 2.45) is 0 Å². The molecule has 1 atom stereocenters. The molecule has 7 nitrogen and oxygen atoms in total. The highest BCUT2D eigenvalue weighted by Gasteiger charge is 2.35. The Morgan fingerprint density at radius 3 is 2.59 bits per heavy atom. The zero-order chi connectivity index (χ0) is 22.8. The first kappa shape index (κ1) is 22.5. The van der Waals surface area contributed by atoms with E-state index in [-0.39, 0.29) is 12.5 Å². The van der Waals surface area contributed by atoms with Crippen molar-refractivity contribution in [1.82, 2.24) is 19.7 Å². The van der Waals surface area contributed by atoms with Crippen LogP contribution in [0.15, 0.2) is 54.6 Å². The van der Waals surface area contributed by atoms with Crippen LogP contribution >= 0.6 is 11.6 Å². The predicted molar refractivity (Wildman–Crippen MR) is 127 cm³/mol. The highest BCUT2D eigenvalue weighted by molar-refractivity contribution is 6.30. The number of aromatic nitrogens is 2. The molecule has 1 unspecified atom stereocenters. The second-order valence-corrected chi connectivity index (χ2v) is 8.78. The van der Waals surface area contributed by atoms with E-state index in [1.807, 2.05) is 73.1 Å². The van der Waals surface area contributed by atoms with E-state index in [4.69, 9.17) is 16.7 Å². The summed E-state index contributed by atoms with van der Waals surface area (Å²) in [7, 11) is 3.93. The fourth-order valence-corrected chi connectivity index (χ4v) is 4.37. The average molecular weight is 453 g/mol. The van der Waals surface area contributed by atoms with Crippen LogP contribution in [0.4, 0.5) is 5.82 Å². The molecule has 0 N–H and O–H groups in total. The van der Waals surface area contributed by atoms with Crippen LogP contribution in [0.5, 0.6) is 0 Å². The van der Waals surface area contributed by atoms with Crippen LogP contribution in [0.3, 0.4) is 0 Å². The van der Waals surface area contributed by atoms with Gasteiger partial charge in [-0.3, -0.25) is 9.69 Å². The summed E-state index contributed by atoms with van der Waals surface area (Å²) < 4.78 is 1.85. The smallest absolute Gasteiger partial charge is 0.241 e. The molecule has 1 amide bonds. The number of rotatable bonds is 6. The van der Waals surface area contributed by atoms with Crippen molar-refractivity contribution in [1.29, 1.82) is 0 Å². The lowest BCUT2D eigenvalue weighted by atomic mass is 9.98. The Hall–Kier alpha value is -2.71. The van der Waals surface area contributed by atoms with Crippen molar-refractivity contribution >= 4 is 23.3 Å². The van der Waals surface area contributed by atoms with Crippen molar-refractivity contribution in [3.8, 4) is 0 Å². The fourth-order valence-electron chi connectivity index (χ4n) is 4.17. The topological polar surface area (TPSA) is 67.7 Å². The number of nitrogens with zero attached hydrogens (tertiary/aromatic N) is 5. The van der Waals surface area contributed by atoms with Crippen molar-refractivity contribution in [2.45, 2.75) is 19.5 Å². The summed E-state index contributed by atoms with van der Waals surface area (Å²) in [6.07, 6.45) is 0. The lowest BCUT2D eigenvalue weighted by Gasteiger charge is -2.35. The first-order valence-electron chi connectivity index (χ1n) is 10.6. The van der Waals surface area contributed by atoms with Gasteiger partial charge in [-0.1, -0.05) is 54.1 Å². The van der Waals surface area contributed by atoms with Crippen molar-refractivity contribution in [2.75, 3.05) is 38.6 Å². The van der Waals surface area contributed by atoms with E-state index in [9.17, 15) is 10.0 Å². The Bertz CT molecular complexity index is 1100. The molecular weight excluding hydrogens is 426 g/mol. The highest BCUT2D eigenvalue weighted by atomic mass is 35.5. The number of halogens is 1. The molecule has 3 aromatic rings. The molecule has 1 aliphatic rings. The van der Waals surface area contributed by atoms with Gasteiger partial charge in [0, 0.05) is 23.7 Å². The number of hydrogen-bond acceptors (Lipinski definition) is 5. The van der Waals surface area contributed by atoms with Gasteiger partial charge in [0.25, 0.3) is 0 Å². The van der Waals surface area contributed by atoms with Gasteiger partial charge in [-0.05, 0) is 44.3 Å². The van der Waals surface area contributed by atoms with E-state index < -0.39 is 6.04 Å². The molecule has 0 saturated carbocycles. The molecule has 8 heteroatoms. The lowest BCUT2D eigenvalue weighted by molar-refractivity contribution is -0.119. The Morgan fingerprint density at radius 2 is 1.91 bits per heavy atom. The molecule has 1 aromatic heterocycles. The molecule has 2 heterocycles. The summed E-state index contributed by atoms with van der Waals surface area (Å²) >= 11 is 6.25. The van der Waals surface area contributed by atoms with Crippen molar-refractivity contribution in [3.63, 3.8) is 0 Å². The minimum absolute atomic E-state index is 0.232. The SMILES string of the molecule is Cc1nn(Cc2ccccc2)c2c1C(c1cccc(Cl)c1)N([O-])CC(=O)N2CCN(C)C. The number of amides is 1. The maximum absolute atomic E-state index is 13.3. The van der Waals surface area contributed by atoms with Crippen LogP contribution in [0.2, 0.25) is 5.02 Å². The monoisotopic (exact) mass is 452 g/mol. The van der Waals surface area contributed by atoms with Crippen LogP contribution in [0.1, 0.15) is 28.4 Å². The Morgan fingerprint density at radius 1 is 1.16 bits per heavy atom. The summed E-state index contributed by atoms with van der Waals surface area (Å²) in [6.45, 7) is 3.30. The van der Waals surface area contributed by atoms with E-state index in [0.29, 0.717) is 30.5 Å². The predicted octanol–water partition coefficient (Wildman–Crippen LogP) is 3.69. The minimum Gasteiger partial charge on any atom is -0.784 e. The van der Waals surface area contributed by atoms with Crippen LogP contribution in [0, 0.1) is 12.1 Å². The normalized spacial score (nSPS) is 17.0. The van der Waals surface area contributed by atoms with Gasteiger partial charge in [-0.2, -0.15) is 5.10 Å². The van der Waals surface area contributed by atoms with E-state index in [1.54, 1.807) is 17.0 Å². The summed E-state index contributed by atoms with van der Waals surface area (Å²) in [5, 5.41) is 19.5. The minimum atomic E-state index is -0.665. The van der Waals surface area contributed by atoms with Crippen LogP contribution in [0.25, 0.3) is 0 Å². The number of carbonyl (C=O) groups excluding carboxylic acids is 1. The summed E-state index contributed by atoms with van der Waals surface area (Å²) in [6, 6.07) is 16.6. The van der Waals surface area contributed by atoms with E-state index in [0.717, 1.165) is 27.4 Å². The third-order valence-electron chi connectivity index (χ3n) is 5.67. The van der Waals surface area contributed by atoms with Gasteiger partial charge in [-0.25, -0.2) is 4.68 Å². The van der Waals surface area contributed by atoms with E-state index >= 15 is 0 Å². The average Bonchev–Trinajstić information content (AvgIpc) is 2.98. The number of carbonyl (C=O) groups is 1. The maximum Gasteiger partial charge on any atom is 0.241 e. The van der Waals surface area contributed by atoms with Crippen LogP contribution < -0.4 is 4.90 Å². The number of hydrogen-bond donors (Lipinski definition) is 0. The number of hydroxylamine groups is 2. The van der Waals surface area contributed by atoms with Crippen molar-refractivity contribution < 1.29 is 4.79 Å². The second kappa shape index (κ2) is 9.42. The van der Waals surface area contributed by atoms with Gasteiger partial charge in [0.05, 0.1) is 24.8 Å². The molecule has 4 rings (SSSR count). The lowest BCUT2D eigenvalue weighted by Crippen LogP contribution is -2.41. The molecule has 168 valence electrons. The number of aryl methyl sites for hydroxylation is 1. The zero-order valence-corrected chi connectivity index (χ0v) is 19.3. The summed E-state index contributed by atoms with van der Waals surface area (Å²) in [5.41, 5.74) is 3.30. The van der Waals surface area contributed by atoms with Gasteiger partial charge in [0.15, 0.2) is 0 Å². The molecular formula is C24H27ClN5O2-. The first-order chi connectivity index (χ1) is 15.3. The van der Waals surface area contributed by atoms with Gasteiger partial charge < -0.3 is 15.2 Å². The fraction of sp³-hybridized carbons (Fsp3) is 0.333. The quantitative estimate of drug-likeness (QED) is 0.570. The third-order valence-corrected chi connectivity index (χ3v) is 5.90. The number of benzene rings is 2. The van der Waals surface area contributed by atoms with Crippen molar-refractivity contribution in [3.05, 3.63) is 87.2 Å². The van der Waals surface area contributed by atoms with Gasteiger partial charge in [0.2, 0.25) is 5.91 Å². The van der Waals surface area contributed by atoms with Gasteiger partial charge >= 0.3 is 0 Å². The Kier molecular flexibility index (Phi) is 6.62. The Labute approximate surface area is 193 Å². The summed E-state index contributed by atoms with van der Waals surface area (Å²) in [5.74, 6) is 0.448. The third kappa shape index (κ3) is 4.56. The highest BCUT2D eigenvalue weighted by Crippen LogP contribution is 2.40. The standard InChI is InChI=1S/C24H27ClN5O2/c1-17-22-23(19-10-7-11-20(25)14-19)30(32)16-21(31)28(13-12-27(2)3)24(22)29(26-17)15-18-8-5-4-6-9-18/h4-11,14,23H,12-13,15-16H2,1-3H3/q-1. The largest absolute Gasteiger partial charge is 0.784 e. The first-order valence-corrected chi connectivity index (χ1v) is 11.0. The molecule has 32 heavy (non-hydrogen) atoms. The molecule has 0 bridgehead atoms. The molecule has 0 aliphatic carbocycles. The number of fused-ring (bicyclic) bond motifs is 1. The second-order valence-electron chi connectivity index (χ2n) is 8.35. The molecule has 2 aromatic carbocycles. The Balaban J connectivity index is 1.88. The number of anilines is 1. The zero-order valence-electron chi connectivity index (χ0n) is 18.5. The van der Waals surface area contributed by atoms with Gasteiger partial charge in [0.1, 0.15) is 5.82 Å². The molecule has 0 saturated heterocycles. The van der Waals surface area contributed by atoms with E-state index in [1.165, 1.54) is 0 Å². The molecule has 1 aliphatic heterocycles. The van der Waals surface area contributed by atoms with Gasteiger partial charge in [-0.15, -0.1) is 0 Å². The maximum atomic E-state index is 13.3. The summed E-state index contributed by atoms with van der Waals surface area (Å²) in [4.78, 5) is 17.0. The van der Waals surface area contributed by atoms with Crippen LogP contribution in [-0.4, -0.2) is 59.4 Å². The van der Waals surface area contributed by atoms with Crippen LogP contribution in [-0.2, 0) is 11.3 Å². The molecule has 0 radical (unpaired) electrons. The molecule has 0 spiro atoms. The number of likely N-dealkylation sites (N-methyl/N-ethyl adjacent to an activating group) is 1. The van der Waals surface area contributed by atoms with E-state index in [2.05, 4.69) is 0 Å².